The monoisotopic (exact) mass is 331 g/mol. The quantitative estimate of drug-likeness (QED) is 0.405. The predicted molar refractivity (Wildman–Crippen MR) is 103 cm³/mol. The summed E-state index contributed by atoms with van der Waals surface area (Å²) in [7, 11) is 0. The lowest BCUT2D eigenvalue weighted by atomic mass is 9.96. The number of pyridine rings is 1. The van der Waals surface area contributed by atoms with Crippen molar-refractivity contribution in [1.29, 1.82) is 0 Å². The summed E-state index contributed by atoms with van der Waals surface area (Å²) in [5.41, 5.74) is 16.2. The molecule has 0 radical (unpaired) electrons. The minimum absolute atomic E-state index is 0.141. The van der Waals surface area contributed by atoms with Crippen molar-refractivity contribution in [2.45, 2.75) is 13.3 Å². The molecule has 0 saturated carbocycles. The van der Waals surface area contributed by atoms with Crippen molar-refractivity contribution < 1.29 is 4.39 Å². The number of nitrogens with zero attached hydrogens (tertiary/aromatic N) is 1. The van der Waals surface area contributed by atoms with Crippen LogP contribution in [0.25, 0.3) is 32.9 Å². The van der Waals surface area contributed by atoms with Crippen LogP contribution in [0, 0.1) is 5.82 Å². The molecule has 0 fully saturated rings. The van der Waals surface area contributed by atoms with Crippen LogP contribution in [0.1, 0.15) is 12.5 Å². The minimum atomic E-state index is -0.435. The van der Waals surface area contributed by atoms with Crippen molar-refractivity contribution in [2.24, 2.45) is 0 Å². The maximum Gasteiger partial charge on any atom is 0.156 e. The van der Waals surface area contributed by atoms with Crippen LogP contribution >= 0.6 is 0 Å². The molecule has 0 aliphatic carbocycles. The molecule has 0 spiro atoms. The van der Waals surface area contributed by atoms with Crippen molar-refractivity contribution in [1.82, 2.24) is 4.98 Å². The minimum Gasteiger partial charge on any atom is -0.398 e. The highest BCUT2D eigenvalue weighted by Crippen LogP contribution is 2.39. The molecule has 1 aromatic heterocycles. The summed E-state index contributed by atoms with van der Waals surface area (Å²) in [4.78, 5) is 4.83. The Morgan fingerprint density at radius 1 is 0.920 bits per heavy atom. The lowest BCUT2D eigenvalue weighted by Gasteiger charge is -2.15. The number of hydrogen-bond donors (Lipinski definition) is 2. The third-order valence-electron chi connectivity index (χ3n) is 4.60. The number of hydrogen-bond acceptors (Lipinski definition) is 3. The van der Waals surface area contributed by atoms with Crippen molar-refractivity contribution in [3.8, 4) is 11.3 Å². The molecule has 0 bridgehead atoms. The molecule has 0 saturated heterocycles. The highest BCUT2D eigenvalue weighted by Gasteiger charge is 2.18. The second-order valence-electron chi connectivity index (χ2n) is 6.11. The molecule has 4 aromatic rings. The molecule has 0 unspecified atom stereocenters. The van der Waals surface area contributed by atoms with E-state index in [1.165, 1.54) is 0 Å². The molecule has 3 aromatic carbocycles. The van der Waals surface area contributed by atoms with E-state index in [1.807, 2.05) is 55.5 Å². The van der Waals surface area contributed by atoms with E-state index < -0.39 is 5.82 Å². The van der Waals surface area contributed by atoms with Crippen LogP contribution in [0.2, 0.25) is 0 Å². The van der Waals surface area contributed by atoms with Gasteiger partial charge in [0.2, 0.25) is 0 Å². The average Bonchev–Trinajstić information content (AvgIpc) is 2.64. The molecule has 25 heavy (non-hydrogen) atoms. The summed E-state index contributed by atoms with van der Waals surface area (Å²) in [5, 5.41) is 1.94. The Labute approximate surface area is 145 Å². The first kappa shape index (κ1) is 15.4. The van der Waals surface area contributed by atoms with Gasteiger partial charge < -0.3 is 11.5 Å². The van der Waals surface area contributed by atoms with E-state index >= 15 is 0 Å². The average molecular weight is 331 g/mol. The molecule has 4 rings (SSSR count). The maximum atomic E-state index is 14.9. The van der Waals surface area contributed by atoms with Gasteiger partial charge in [0.1, 0.15) is 0 Å². The molecular formula is C21H18FN3. The normalized spacial score (nSPS) is 11.3. The molecule has 4 heteroatoms. The molecule has 1 heterocycles. The zero-order chi connectivity index (χ0) is 17.6. The SMILES string of the molecule is CCc1cc(N)c(F)c2c1nc(-c1ccccc1)c1c(N)cccc12. The summed E-state index contributed by atoms with van der Waals surface area (Å²) in [6.45, 7) is 2.01. The van der Waals surface area contributed by atoms with Gasteiger partial charge in [-0.3, -0.25) is 0 Å². The van der Waals surface area contributed by atoms with E-state index in [2.05, 4.69) is 0 Å². The molecule has 0 amide bonds. The van der Waals surface area contributed by atoms with E-state index in [9.17, 15) is 4.39 Å². The number of halogens is 1. The van der Waals surface area contributed by atoms with E-state index in [-0.39, 0.29) is 5.69 Å². The summed E-state index contributed by atoms with van der Waals surface area (Å²) in [6.07, 6.45) is 0.718. The second kappa shape index (κ2) is 5.74. The van der Waals surface area contributed by atoms with Crippen molar-refractivity contribution in [3.63, 3.8) is 0 Å². The first-order valence-electron chi connectivity index (χ1n) is 8.26. The lowest BCUT2D eigenvalue weighted by Crippen LogP contribution is -2.01. The van der Waals surface area contributed by atoms with Crippen LogP contribution in [-0.2, 0) is 6.42 Å². The number of anilines is 2. The zero-order valence-corrected chi connectivity index (χ0v) is 13.9. The summed E-state index contributed by atoms with van der Waals surface area (Å²) in [5.74, 6) is -0.435. The van der Waals surface area contributed by atoms with E-state index in [0.29, 0.717) is 16.6 Å². The largest absolute Gasteiger partial charge is 0.398 e. The van der Waals surface area contributed by atoms with E-state index in [4.69, 9.17) is 16.5 Å². The second-order valence-corrected chi connectivity index (χ2v) is 6.11. The third-order valence-corrected chi connectivity index (χ3v) is 4.60. The molecule has 0 aliphatic rings. The van der Waals surface area contributed by atoms with Crippen LogP contribution in [0.4, 0.5) is 15.8 Å². The number of benzene rings is 3. The number of fused-ring (bicyclic) bond motifs is 3. The topological polar surface area (TPSA) is 64.9 Å². The Morgan fingerprint density at radius 2 is 1.68 bits per heavy atom. The van der Waals surface area contributed by atoms with Crippen LogP contribution in [0.3, 0.4) is 0 Å². The Bertz CT molecular complexity index is 1100. The first-order chi connectivity index (χ1) is 12.1. The third kappa shape index (κ3) is 2.30. The summed E-state index contributed by atoms with van der Waals surface area (Å²) < 4.78 is 14.9. The van der Waals surface area contributed by atoms with Gasteiger partial charge >= 0.3 is 0 Å². The summed E-state index contributed by atoms with van der Waals surface area (Å²) >= 11 is 0. The van der Waals surface area contributed by atoms with Crippen LogP contribution in [0.5, 0.6) is 0 Å². The first-order valence-corrected chi connectivity index (χ1v) is 8.26. The van der Waals surface area contributed by atoms with Crippen LogP contribution in [-0.4, -0.2) is 4.98 Å². The van der Waals surface area contributed by atoms with Gasteiger partial charge in [-0.2, -0.15) is 0 Å². The van der Waals surface area contributed by atoms with Gasteiger partial charge in [0.25, 0.3) is 0 Å². The Balaban J connectivity index is 2.28. The van der Waals surface area contributed by atoms with E-state index in [1.54, 1.807) is 6.07 Å². The van der Waals surface area contributed by atoms with Gasteiger partial charge in [-0.05, 0) is 29.5 Å². The Kier molecular flexibility index (Phi) is 3.53. The van der Waals surface area contributed by atoms with Gasteiger partial charge in [0.05, 0.1) is 16.9 Å². The predicted octanol–water partition coefficient (Wildman–Crippen LogP) is 4.92. The molecule has 3 nitrogen and oxygen atoms in total. The fourth-order valence-electron chi connectivity index (χ4n) is 3.39. The van der Waals surface area contributed by atoms with Gasteiger partial charge in [-0.25, -0.2) is 9.37 Å². The molecule has 0 aliphatic heterocycles. The number of nitrogen functional groups attached to an aromatic ring is 2. The number of aryl methyl sites for hydroxylation is 1. The molecule has 4 N–H and O–H groups in total. The van der Waals surface area contributed by atoms with Crippen LogP contribution in [0.15, 0.2) is 54.6 Å². The highest BCUT2D eigenvalue weighted by atomic mass is 19.1. The molecular weight excluding hydrogens is 313 g/mol. The lowest BCUT2D eigenvalue weighted by molar-refractivity contribution is 0.644. The van der Waals surface area contributed by atoms with Gasteiger partial charge in [-0.15, -0.1) is 0 Å². The fraction of sp³-hybridized carbons (Fsp3) is 0.0952. The van der Waals surface area contributed by atoms with Crippen LogP contribution < -0.4 is 11.5 Å². The molecule has 124 valence electrons. The van der Waals surface area contributed by atoms with Gasteiger partial charge in [0.15, 0.2) is 5.82 Å². The molecule has 0 atom stereocenters. The highest BCUT2D eigenvalue weighted by molar-refractivity contribution is 6.16. The van der Waals surface area contributed by atoms with Gasteiger partial charge in [-0.1, -0.05) is 49.4 Å². The Hall–Kier alpha value is -3.14. The van der Waals surface area contributed by atoms with Gasteiger partial charge in [0, 0.05) is 22.0 Å². The van der Waals surface area contributed by atoms with Crippen molar-refractivity contribution >= 4 is 33.1 Å². The summed E-state index contributed by atoms with van der Waals surface area (Å²) in [6, 6.07) is 17.0. The number of nitrogens with two attached hydrogens (primary N) is 2. The van der Waals surface area contributed by atoms with Crippen molar-refractivity contribution in [3.05, 3.63) is 66.0 Å². The number of aromatic nitrogens is 1. The fourth-order valence-corrected chi connectivity index (χ4v) is 3.39. The zero-order valence-electron chi connectivity index (χ0n) is 13.9. The maximum absolute atomic E-state index is 14.9. The smallest absolute Gasteiger partial charge is 0.156 e. The van der Waals surface area contributed by atoms with Crippen molar-refractivity contribution in [2.75, 3.05) is 11.5 Å². The van der Waals surface area contributed by atoms with E-state index in [0.717, 1.165) is 34.0 Å². The standard InChI is InChI=1S/C21H18FN3/c1-2-12-11-16(24)19(22)18-14-9-6-10-15(23)17(14)21(25-20(12)18)13-7-4-3-5-8-13/h3-11H,2,23-24H2,1H3. The Morgan fingerprint density at radius 3 is 2.40 bits per heavy atom. The number of rotatable bonds is 2.